The molecular formula is C52H35NO. The van der Waals surface area contributed by atoms with Gasteiger partial charge in [0.05, 0.1) is 0 Å². The second kappa shape index (κ2) is 13.4. The van der Waals surface area contributed by atoms with E-state index in [1.54, 1.807) is 0 Å². The second-order valence-electron chi connectivity index (χ2n) is 13.7. The highest BCUT2D eigenvalue weighted by atomic mass is 16.3. The molecule has 54 heavy (non-hydrogen) atoms. The van der Waals surface area contributed by atoms with Gasteiger partial charge < -0.3 is 9.32 Å². The van der Waals surface area contributed by atoms with E-state index < -0.39 is 0 Å². The summed E-state index contributed by atoms with van der Waals surface area (Å²) in [4.78, 5) is 2.30. The lowest BCUT2D eigenvalue weighted by molar-refractivity contribution is 0.670. The lowest BCUT2D eigenvalue weighted by atomic mass is 9.93. The van der Waals surface area contributed by atoms with Gasteiger partial charge >= 0.3 is 0 Å². The van der Waals surface area contributed by atoms with Crippen LogP contribution >= 0.6 is 0 Å². The minimum absolute atomic E-state index is 0.857. The van der Waals surface area contributed by atoms with Crippen molar-refractivity contribution in [3.05, 3.63) is 212 Å². The Bertz CT molecular complexity index is 2880. The lowest BCUT2D eigenvalue weighted by Crippen LogP contribution is -2.09. The van der Waals surface area contributed by atoms with Gasteiger partial charge in [-0.05, 0) is 92.2 Å². The summed E-state index contributed by atoms with van der Waals surface area (Å²) in [7, 11) is 0. The van der Waals surface area contributed by atoms with E-state index in [9.17, 15) is 0 Å². The van der Waals surface area contributed by atoms with Gasteiger partial charge in [0, 0.05) is 39.5 Å². The van der Waals surface area contributed by atoms with Crippen molar-refractivity contribution in [3.63, 3.8) is 0 Å². The van der Waals surface area contributed by atoms with E-state index in [0.29, 0.717) is 0 Å². The fourth-order valence-corrected chi connectivity index (χ4v) is 7.76. The molecule has 9 aromatic carbocycles. The van der Waals surface area contributed by atoms with Gasteiger partial charge in [0.1, 0.15) is 11.2 Å². The molecule has 0 bridgehead atoms. The molecule has 0 amide bonds. The molecule has 2 nitrogen and oxygen atoms in total. The number of nitrogens with zero attached hydrogens (tertiary/aromatic N) is 1. The maximum Gasteiger partial charge on any atom is 0.143 e. The normalized spacial score (nSPS) is 11.3. The topological polar surface area (TPSA) is 16.4 Å². The average molecular weight is 690 g/mol. The zero-order chi connectivity index (χ0) is 35.8. The van der Waals surface area contributed by atoms with Crippen molar-refractivity contribution in [3.8, 4) is 44.5 Å². The molecule has 0 saturated carbocycles. The van der Waals surface area contributed by atoms with E-state index in [-0.39, 0.29) is 0 Å². The molecule has 0 unspecified atom stereocenters. The summed E-state index contributed by atoms with van der Waals surface area (Å²) in [6.07, 6.45) is 0. The lowest BCUT2D eigenvalue weighted by Gasteiger charge is -2.25. The average Bonchev–Trinajstić information content (AvgIpc) is 3.61. The largest absolute Gasteiger partial charge is 0.455 e. The highest BCUT2D eigenvalue weighted by Crippen LogP contribution is 2.44. The molecule has 0 atom stereocenters. The SMILES string of the molecule is c1ccc(-c2ccc(-c3ccc(-c4c5ccccc5cc5c4oc4cc(N(c6ccccc6)c6ccc(-c7ccccc7)cc6)ccc45)cc3)cc2)cc1. The first-order chi connectivity index (χ1) is 26.8. The van der Waals surface area contributed by atoms with E-state index >= 15 is 0 Å². The van der Waals surface area contributed by atoms with E-state index in [1.807, 2.05) is 0 Å². The predicted octanol–water partition coefficient (Wildman–Crippen LogP) is 14.9. The van der Waals surface area contributed by atoms with Crippen LogP contribution in [0.2, 0.25) is 0 Å². The number of benzene rings is 9. The van der Waals surface area contributed by atoms with Gasteiger partial charge in [0.25, 0.3) is 0 Å². The number of hydrogen-bond acceptors (Lipinski definition) is 2. The Balaban J connectivity index is 1.06. The summed E-state index contributed by atoms with van der Waals surface area (Å²) < 4.78 is 6.93. The van der Waals surface area contributed by atoms with Crippen LogP contribution in [0.25, 0.3) is 77.2 Å². The third kappa shape index (κ3) is 5.71. The van der Waals surface area contributed by atoms with Crippen molar-refractivity contribution < 1.29 is 4.42 Å². The molecule has 10 rings (SSSR count). The Morgan fingerprint density at radius 3 is 1.33 bits per heavy atom. The maximum absolute atomic E-state index is 6.93. The molecule has 1 heterocycles. The number of furan rings is 1. The van der Waals surface area contributed by atoms with Crippen LogP contribution in [0.4, 0.5) is 17.1 Å². The van der Waals surface area contributed by atoms with Gasteiger partial charge in [-0.15, -0.1) is 0 Å². The van der Waals surface area contributed by atoms with E-state index in [0.717, 1.165) is 50.1 Å². The van der Waals surface area contributed by atoms with Crippen LogP contribution in [0.3, 0.4) is 0 Å². The second-order valence-corrected chi connectivity index (χ2v) is 13.7. The number of anilines is 3. The van der Waals surface area contributed by atoms with E-state index in [2.05, 4.69) is 217 Å². The molecule has 1 aromatic heterocycles. The highest BCUT2D eigenvalue weighted by Gasteiger charge is 2.19. The number of fused-ring (bicyclic) bond motifs is 4. The molecule has 0 radical (unpaired) electrons. The Morgan fingerprint density at radius 2 is 0.741 bits per heavy atom. The van der Waals surface area contributed by atoms with Crippen LogP contribution in [0.1, 0.15) is 0 Å². The highest BCUT2D eigenvalue weighted by molar-refractivity contribution is 6.18. The van der Waals surface area contributed by atoms with Crippen molar-refractivity contribution in [2.45, 2.75) is 0 Å². The number of rotatable bonds is 7. The molecule has 0 aliphatic rings. The molecule has 0 aliphatic carbocycles. The molecule has 0 saturated heterocycles. The minimum Gasteiger partial charge on any atom is -0.455 e. The quantitative estimate of drug-likeness (QED) is 0.166. The zero-order valence-corrected chi connectivity index (χ0v) is 29.6. The summed E-state index contributed by atoms with van der Waals surface area (Å²) in [5, 5.41) is 4.58. The van der Waals surface area contributed by atoms with Gasteiger partial charge in [-0.3, -0.25) is 0 Å². The Labute approximate surface area is 314 Å². The van der Waals surface area contributed by atoms with Gasteiger partial charge in [-0.1, -0.05) is 164 Å². The standard InChI is InChI=1S/C52H35NO/c1-4-12-36(13-5-1)38-20-22-39(23-21-38)40-24-26-42(27-25-40)51-47-19-11-10-16-43(47)34-49-48-33-32-46(35-50(48)54-52(49)51)53(44-17-8-3-9-18-44)45-30-28-41(29-31-45)37-14-6-2-7-15-37/h1-35H. The molecule has 10 aromatic rings. The smallest absolute Gasteiger partial charge is 0.143 e. The molecule has 0 aliphatic heterocycles. The first-order valence-electron chi connectivity index (χ1n) is 18.4. The van der Waals surface area contributed by atoms with Crippen molar-refractivity contribution in [1.29, 1.82) is 0 Å². The Morgan fingerprint density at radius 1 is 0.296 bits per heavy atom. The third-order valence-corrected chi connectivity index (χ3v) is 10.5. The summed E-state index contributed by atoms with van der Waals surface area (Å²) in [5.74, 6) is 0. The molecule has 0 spiro atoms. The minimum atomic E-state index is 0.857. The molecule has 0 N–H and O–H groups in total. The monoisotopic (exact) mass is 689 g/mol. The zero-order valence-electron chi connectivity index (χ0n) is 29.6. The van der Waals surface area contributed by atoms with Gasteiger partial charge in [-0.25, -0.2) is 0 Å². The van der Waals surface area contributed by atoms with Crippen molar-refractivity contribution in [2.75, 3.05) is 4.90 Å². The number of para-hydroxylation sites is 1. The molecular weight excluding hydrogens is 655 g/mol. The van der Waals surface area contributed by atoms with Gasteiger partial charge in [0.15, 0.2) is 0 Å². The van der Waals surface area contributed by atoms with Crippen LogP contribution in [-0.2, 0) is 0 Å². The van der Waals surface area contributed by atoms with Crippen molar-refractivity contribution in [2.24, 2.45) is 0 Å². The third-order valence-electron chi connectivity index (χ3n) is 10.5. The van der Waals surface area contributed by atoms with E-state index in [4.69, 9.17) is 4.42 Å². The van der Waals surface area contributed by atoms with Crippen LogP contribution in [0, 0.1) is 0 Å². The van der Waals surface area contributed by atoms with Crippen molar-refractivity contribution in [1.82, 2.24) is 0 Å². The van der Waals surface area contributed by atoms with Gasteiger partial charge in [-0.2, -0.15) is 0 Å². The molecule has 0 fully saturated rings. The van der Waals surface area contributed by atoms with E-state index in [1.165, 1.54) is 44.2 Å². The first kappa shape index (κ1) is 31.6. The summed E-state index contributed by atoms with van der Waals surface area (Å²) in [6, 6.07) is 75.6. The van der Waals surface area contributed by atoms with Crippen LogP contribution in [-0.4, -0.2) is 0 Å². The van der Waals surface area contributed by atoms with Crippen LogP contribution < -0.4 is 4.90 Å². The summed E-state index contributed by atoms with van der Waals surface area (Å²) in [5.41, 5.74) is 14.4. The molecule has 2 heteroatoms. The first-order valence-corrected chi connectivity index (χ1v) is 18.4. The Kier molecular flexibility index (Phi) is 7.85. The van der Waals surface area contributed by atoms with Crippen LogP contribution in [0.5, 0.6) is 0 Å². The van der Waals surface area contributed by atoms with Gasteiger partial charge in [0.2, 0.25) is 0 Å². The van der Waals surface area contributed by atoms with Crippen LogP contribution in [0.15, 0.2) is 217 Å². The molecule has 254 valence electrons. The predicted molar refractivity (Wildman–Crippen MR) is 228 cm³/mol. The maximum atomic E-state index is 6.93. The summed E-state index contributed by atoms with van der Waals surface area (Å²) in [6.45, 7) is 0. The van der Waals surface area contributed by atoms with Crippen molar-refractivity contribution >= 4 is 49.8 Å². The fourth-order valence-electron chi connectivity index (χ4n) is 7.76. The number of hydrogen-bond donors (Lipinski definition) is 0. The fraction of sp³-hybridized carbons (Fsp3) is 0. The Hall–Kier alpha value is -7.16. The summed E-state index contributed by atoms with van der Waals surface area (Å²) >= 11 is 0.